The van der Waals surface area contributed by atoms with E-state index in [0.717, 1.165) is 18.9 Å². The van der Waals surface area contributed by atoms with Crippen LogP contribution in [0.3, 0.4) is 0 Å². The van der Waals surface area contributed by atoms with Crippen molar-refractivity contribution in [3.63, 3.8) is 0 Å². The summed E-state index contributed by atoms with van der Waals surface area (Å²) in [6, 6.07) is 0.603. The minimum absolute atomic E-state index is 0.603. The van der Waals surface area contributed by atoms with Gasteiger partial charge in [0, 0.05) is 32.0 Å². The fourth-order valence-corrected chi connectivity index (χ4v) is 1.99. The van der Waals surface area contributed by atoms with Gasteiger partial charge in [-0.1, -0.05) is 6.42 Å². The molecule has 1 aromatic heterocycles. The van der Waals surface area contributed by atoms with Crippen molar-refractivity contribution < 1.29 is 0 Å². The van der Waals surface area contributed by atoms with Crippen LogP contribution in [0.1, 0.15) is 19.3 Å². The van der Waals surface area contributed by atoms with Crippen molar-refractivity contribution in [2.45, 2.75) is 25.3 Å². The summed E-state index contributed by atoms with van der Waals surface area (Å²) >= 11 is 0. The quantitative estimate of drug-likeness (QED) is 0.802. The summed E-state index contributed by atoms with van der Waals surface area (Å²) in [6.07, 6.45) is 9.17. The second-order valence-electron chi connectivity index (χ2n) is 4.09. The standard InChI is InChI=1S/C11H18N4/c1-15(11-8-12-6-7-14-11)9-10-4-2-3-5-13-10/h6-8,10,13H,2-5,9H2,1H3. The van der Waals surface area contributed by atoms with Crippen LogP contribution < -0.4 is 10.2 Å². The molecule has 4 nitrogen and oxygen atoms in total. The van der Waals surface area contributed by atoms with E-state index >= 15 is 0 Å². The highest BCUT2D eigenvalue weighted by Crippen LogP contribution is 2.11. The maximum atomic E-state index is 4.28. The lowest BCUT2D eigenvalue weighted by atomic mass is 10.0. The highest BCUT2D eigenvalue weighted by atomic mass is 15.2. The molecule has 4 heteroatoms. The van der Waals surface area contributed by atoms with Gasteiger partial charge >= 0.3 is 0 Å². The lowest BCUT2D eigenvalue weighted by Gasteiger charge is -2.28. The number of hydrogen-bond donors (Lipinski definition) is 1. The zero-order valence-electron chi connectivity index (χ0n) is 9.19. The Labute approximate surface area is 90.7 Å². The predicted octanol–water partition coefficient (Wildman–Crippen LogP) is 1.05. The molecule has 1 aromatic rings. The predicted molar refractivity (Wildman–Crippen MR) is 60.9 cm³/mol. The molecule has 1 fully saturated rings. The molecule has 1 unspecified atom stereocenters. The van der Waals surface area contributed by atoms with Crippen LogP contribution in [-0.2, 0) is 0 Å². The van der Waals surface area contributed by atoms with Crippen LogP contribution in [0, 0.1) is 0 Å². The number of anilines is 1. The molecule has 0 amide bonds. The van der Waals surface area contributed by atoms with E-state index in [1.54, 1.807) is 12.4 Å². The summed E-state index contributed by atoms with van der Waals surface area (Å²) in [5.74, 6) is 0.949. The number of nitrogens with zero attached hydrogens (tertiary/aromatic N) is 3. The fourth-order valence-electron chi connectivity index (χ4n) is 1.99. The second-order valence-corrected chi connectivity index (χ2v) is 4.09. The van der Waals surface area contributed by atoms with Gasteiger partial charge in [0.15, 0.2) is 0 Å². The van der Waals surface area contributed by atoms with Crippen LogP contribution in [0.2, 0.25) is 0 Å². The third-order valence-electron chi connectivity index (χ3n) is 2.85. The van der Waals surface area contributed by atoms with Crippen molar-refractivity contribution in [1.29, 1.82) is 0 Å². The Morgan fingerprint density at radius 1 is 1.47 bits per heavy atom. The molecular formula is C11H18N4. The first-order valence-electron chi connectivity index (χ1n) is 5.57. The topological polar surface area (TPSA) is 41.0 Å². The first-order chi connectivity index (χ1) is 7.36. The molecule has 0 radical (unpaired) electrons. The zero-order valence-corrected chi connectivity index (χ0v) is 9.19. The minimum Gasteiger partial charge on any atom is -0.357 e. The van der Waals surface area contributed by atoms with Crippen molar-refractivity contribution in [1.82, 2.24) is 15.3 Å². The van der Waals surface area contributed by atoms with Gasteiger partial charge in [-0.3, -0.25) is 4.98 Å². The van der Waals surface area contributed by atoms with Crippen LogP contribution >= 0.6 is 0 Å². The number of likely N-dealkylation sites (N-methyl/N-ethyl adjacent to an activating group) is 1. The van der Waals surface area contributed by atoms with Gasteiger partial charge in [0.05, 0.1) is 6.20 Å². The first-order valence-corrected chi connectivity index (χ1v) is 5.57. The molecule has 82 valence electrons. The Balaban J connectivity index is 1.88. The third-order valence-corrected chi connectivity index (χ3v) is 2.85. The summed E-state index contributed by atoms with van der Waals surface area (Å²) in [5, 5.41) is 3.53. The molecule has 2 rings (SSSR count). The lowest BCUT2D eigenvalue weighted by molar-refractivity contribution is 0.403. The zero-order chi connectivity index (χ0) is 10.5. The Morgan fingerprint density at radius 3 is 3.07 bits per heavy atom. The average Bonchev–Trinajstić information content (AvgIpc) is 2.31. The van der Waals surface area contributed by atoms with E-state index in [2.05, 4.69) is 27.2 Å². The summed E-state index contributed by atoms with van der Waals surface area (Å²) in [7, 11) is 2.07. The molecule has 0 saturated carbocycles. The summed E-state index contributed by atoms with van der Waals surface area (Å²) in [5.41, 5.74) is 0. The molecule has 1 atom stereocenters. The summed E-state index contributed by atoms with van der Waals surface area (Å²) in [4.78, 5) is 10.5. The molecule has 15 heavy (non-hydrogen) atoms. The van der Waals surface area contributed by atoms with Crippen molar-refractivity contribution in [2.24, 2.45) is 0 Å². The van der Waals surface area contributed by atoms with Crippen LogP contribution in [0.5, 0.6) is 0 Å². The van der Waals surface area contributed by atoms with Crippen LogP contribution in [-0.4, -0.2) is 36.1 Å². The van der Waals surface area contributed by atoms with E-state index in [9.17, 15) is 0 Å². The molecule has 1 N–H and O–H groups in total. The normalized spacial score (nSPS) is 21.3. The second kappa shape index (κ2) is 5.07. The van der Waals surface area contributed by atoms with Gasteiger partial charge in [-0.25, -0.2) is 4.98 Å². The maximum absolute atomic E-state index is 4.28. The fraction of sp³-hybridized carbons (Fsp3) is 0.636. The first kappa shape index (κ1) is 10.4. The van der Waals surface area contributed by atoms with E-state index in [0.29, 0.717) is 6.04 Å². The van der Waals surface area contributed by atoms with Gasteiger partial charge < -0.3 is 10.2 Å². The number of aromatic nitrogens is 2. The van der Waals surface area contributed by atoms with Gasteiger partial charge in [0.2, 0.25) is 0 Å². The maximum Gasteiger partial charge on any atom is 0.146 e. The molecule has 0 spiro atoms. The molecule has 0 aliphatic carbocycles. The molecule has 0 aromatic carbocycles. The van der Waals surface area contributed by atoms with E-state index in [1.165, 1.54) is 19.3 Å². The Bertz CT molecular complexity index is 282. The summed E-state index contributed by atoms with van der Waals surface area (Å²) < 4.78 is 0. The van der Waals surface area contributed by atoms with Gasteiger partial charge in [0.25, 0.3) is 0 Å². The summed E-state index contributed by atoms with van der Waals surface area (Å²) in [6.45, 7) is 2.16. The Morgan fingerprint density at radius 2 is 2.40 bits per heavy atom. The van der Waals surface area contributed by atoms with Crippen LogP contribution in [0.4, 0.5) is 5.82 Å². The van der Waals surface area contributed by atoms with Crippen molar-refractivity contribution >= 4 is 5.82 Å². The molecule has 1 aliphatic heterocycles. The molecular weight excluding hydrogens is 188 g/mol. The average molecular weight is 206 g/mol. The lowest BCUT2D eigenvalue weighted by Crippen LogP contribution is -2.42. The van der Waals surface area contributed by atoms with Crippen molar-refractivity contribution in [3.05, 3.63) is 18.6 Å². The Hall–Kier alpha value is -1.16. The molecule has 1 saturated heterocycles. The highest BCUT2D eigenvalue weighted by Gasteiger charge is 2.15. The SMILES string of the molecule is CN(CC1CCCCN1)c1cnccn1. The van der Waals surface area contributed by atoms with Crippen LogP contribution in [0.15, 0.2) is 18.6 Å². The van der Waals surface area contributed by atoms with Crippen molar-refractivity contribution in [3.8, 4) is 0 Å². The van der Waals surface area contributed by atoms with E-state index in [4.69, 9.17) is 0 Å². The van der Waals surface area contributed by atoms with Crippen LogP contribution in [0.25, 0.3) is 0 Å². The molecule has 2 heterocycles. The van der Waals surface area contributed by atoms with E-state index in [1.807, 2.05) is 6.20 Å². The number of piperidine rings is 1. The van der Waals surface area contributed by atoms with Gasteiger partial charge in [-0.05, 0) is 19.4 Å². The van der Waals surface area contributed by atoms with Gasteiger partial charge in [-0.2, -0.15) is 0 Å². The Kier molecular flexibility index (Phi) is 3.50. The number of rotatable bonds is 3. The largest absolute Gasteiger partial charge is 0.357 e. The molecule has 1 aliphatic rings. The van der Waals surface area contributed by atoms with E-state index in [-0.39, 0.29) is 0 Å². The minimum atomic E-state index is 0.603. The van der Waals surface area contributed by atoms with Crippen molar-refractivity contribution in [2.75, 3.05) is 25.0 Å². The van der Waals surface area contributed by atoms with Gasteiger partial charge in [-0.15, -0.1) is 0 Å². The number of hydrogen-bond acceptors (Lipinski definition) is 4. The smallest absolute Gasteiger partial charge is 0.146 e. The monoisotopic (exact) mass is 206 g/mol. The number of nitrogens with one attached hydrogen (secondary N) is 1. The van der Waals surface area contributed by atoms with Gasteiger partial charge in [0.1, 0.15) is 5.82 Å². The third kappa shape index (κ3) is 2.89. The van der Waals surface area contributed by atoms with E-state index < -0.39 is 0 Å². The molecule has 0 bridgehead atoms. The highest BCUT2D eigenvalue weighted by molar-refractivity contribution is 5.33.